The van der Waals surface area contributed by atoms with Gasteiger partial charge in [0, 0.05) is 30.6 Å². The average Bonchev–Trinajstić information content (AvgIpc) is 2.87. The molecule has 2 aromatic rings. The predicted octanol–water partition coefficient (Wildman–Crippen LogP) is 1.12. The number of hydrogen-bond acceptors (Lipinski definition) is 5. The van der Waals surface area contributed by atoms with Gasteiger partial charge in [0.15, 0.2) is 0 Å². The Hall–Kier alpha value is -2.21. The molecule has 19 heavy (non-hydrogen) atoms. The summed E-state index contributed by atoms with van der Waals surface area (Å²) in [4.78, 5) is 11.3. The van der Waals surface area contributed by atoms with Crippen LogP contribution in [0.2, 0.25) is 0 Å². The first-order valence-electron chi connectivity index (χ1n) is 6.22. The van der Waals surface area contributed by atoms with Crippen molar-refractivity contribution in [2.24, 2.45) is 5.73 Å². The van der Waals surface area contributed by atoms with E-state index >= 15 is 0 Å². The molecule has 0 bridgehead atoms. The van der Waals surface area contributed by atoms with Crippen molar-refractivity contribution in [1.29, 1.82) is 0 Å². The summed E-state index contributed by atoms with van der Waals surface area (Å²) in [5.41, 5.74) is 8.27. The predicted molar refractivity (Wildman–Crippen MR) is 69.4 cm³/mol. The lowest BCUT2D eigenvalue weighted by atomic mass is 10.0. The fraction of sp³-hybridized carbons (Fsp3) is 0.308. The van der Waals surface area contributed by atoms with Crippen LogP contribution in [0.5, 0.6) is 0 Å². The van der Waals surface area contributed by atoms with Gasteiger partial charge in [-0.15, -0.1) is 10.2 Å². The number of aryl methyl sites for hydroxylation is 1. The van der Waals surface area contributed by atoms with Crippen LogP contribution in [0.1, 0.15) is 17.9 Å². The van der Waals surface area contributed by atoms with Crippen LogP contribution in [0.25, 0.3) is 11.5 Å². The Balaban J connectivity index is 1.90. The van der Waals surface area contributed by atoms with E-state index < -0.39 is 0 Å². The Labute approximate surface area is 110 Å². The molecule has 1 aromatic carbocycles. The first-order chi connectivity index (χ1) is 9.26. The molecule has 0 saturated carbocycles. The Morgan fingerprint density at radius 3 is 3.05 bits per heavy atom. The van der Waals surface area contributed by atoms with Crippen LogP contribution in [-0.4, -0.2) is 22.6 Å². The Morgan fingerprint density at radius 1 is 1.32 bits per heavy atom. The SMILES string of the molecule is NCCc1nnc(-c2ccc3c(c2)CCC(=O)N3)o1. The number of aromatic nitrogens is 2. The number of amides is 1. The molecule has 1 aliphatic rings. The van der Waals surface area contributed by atoms with Gasteiger partial charge in [-0.1, -0.05) is 0 Å². The fourth-order valence-electron chi connectivity index (χ4n) is 2.11. The minimum absolute atomic E-state index is 0.0586. The molecule has 3 rings (SSSR count). The molecule has 0 unspecified atom stereocenters. The van der Waals surface area contributed by atoms with Gasteiger partial charge >= 0.3 is 0 Å². The van der Waals surface area contributed by atoms with E-state index in [1.165, 1.54) is 0 Å². The van der Waals surface area contributed by atoms with Crippen LogP contribution in [0, 0.1) is 0 Å². The number of benzene rings is 1. The van der Waals surface area contributed by atoms with E-state index in [4.69, 9.17) is 10.2 Å². The van der Waals surface area contributed by atoms with Crippen LogP contribution in [0.15, 0.2) is 22.6 Å². The van der Waals surface area contributed by atoms with E-state index in [-0.39, 0.29) is 5.91 Å². The molecule has 1 amide bonds. The zero-order chi connectivity index (χ0) is 13.2. The lowest BCUT2D eigenvalue weighted by Gasteiger charge is -2.16. The molecule has 6 nitrogen and oxygen atoms in total. The van der Waals surface area contributed by atoms with Gasteiger partial charge in [0.2, 0.25) is 17.7 Å². The highest BCUT2D eigenvalue weighted by molar-refractivity contribution is 5.94. The third-order valence-corrected chi connectivity index (χ3v) is 3.07. The van der Waals surface area contributed by atoms with E-state index in [1.54, 1.807) is 0 Å². The summed E-state index contributed by atoms with van der Waals surface area (Å²) in [5.74, 6) is 1.09. The maximum Gasteiger partial charge on any atom is 0.247 e. The Morgan fingerprint density at radius 2 is 2.21 bits per heavy atom. The van der Waals surface area contributed by atoms with Gasteiger partial charge in [-0.05, 0) is 30.2 Å². The van der Waals surface area contributed by atoms with Crippen molar-refractivity contribution in [3.63, 3.8) is 0 Å². The number of fused-ring (bicyclic) bond motifs is 1. The summed E-state index contributed by atoms with van der Waals surface area (Å²) >= 11 is 0. The summed E-state index contributed by atoms with van der Waals surface area (Å²) < 4.78 is 5.53. The molecule has 1 aliphatic heterocycles. The number of nitrogens with two attached hydrogens (primary N) is 1. The Bertz CT molecular complexity index is 621. The molecule has 0 atom stereocenters. The van der Waals surface area contributed by atoms with Crippen molar-refractivity contribution < 1.29 is 9.21 Å². The maximum absolute atomic E-state index is 11.3. The van der Waals surface area contributed by atoms with Crippen LogP contribution >= 0.6 is 0 Å². The molecule has 6 heteroatoms. The van der Waals surface area contributed by atoms with Gasteiger partial charge < -0.3 is 15.5 Å². The first-order valence-corrected chi connectivity index (χ1v) is 6.22. The zero-order valence-electron chi connectivity index (χ0n) is 10.3. The normalized spacial score (nSPS) is 14.1. The molecule has 3 N–H and O–H groups in total. The van der Waals surface area contributed by atoms with Gasteiger partial charge in [-0.25, -0.2) is 0 Å². The van der Waals surface area contributed by atoms with E-state index in [0.29, 0.717) is 31.2 Å². The first kappa shape index (κ1) is 11.9. The molecular weight excluding hydrogens is 244 g/mol. The molecule has 0 aliphatic carbocycles. The minimum atomic E-state index is 0.0586. The topological polar surface area (TPSA) is 94.0 Å². The summed E-state index contributed by atoms with van der Waals surface area (Å²) in [7, 11) is 0. The summed E-state index contributed by atoms with van der Waals surface area (Å²) in [6.45, 7) is 0.484. The smallest absolute Gasteiger partial charge is 0.247 e. The second-order valence-electron chi connectivity index (χ2n) is 4.46. The zero-order valence-corrected chi connectivity index (χ0v) is 10.3. The quantitative estimate of drug-likeness (QED) is 0.860. The largest absolute Gasteiger partial charge is 0.421 e. The second-order valence-corrected chi connectivity index (χ2v) is 4.46. The third kappa shape index (κ3) is 2.34. The highest BCUT2D eigenvalue weighted by Gasteiger charge is 2.16. The van der Waals surface area contributed by atoms with Gasteiger partial charge in [-0.2, -0.15) is 0 Å². The van der Waals surface area contributed by atoms with Crippen molar-refractivity contribution in [3.8, 4) is 11.5 Å². The van der Waals surface area contributed by atoms with Crippen LogP contribution in [0.4, 0.5) is 5.69 Å². The van der Waals surface area contributed by atoms with E-state index in [9.17, 15) is 4.79 Å². The molecule has 0 saturated heterocycles. The summed E-state index contributed by atoms with van der Waals surface area (Å²) in [6.07, 6.45) is 1.82. The summed E-state index contributed by atoms with van der Waals surface area (Å²) in [6, 6.07) is 5.72. The highest BCUT2D eigenvalue weighted by Crippen LogP contribution is 2.28. The lowest BCUT2D eigenvalue weighted by Crippen LogP contribution is -2.18. The minimum Gasteiger partial charge on any atom is -0.421 e. The molecule has 0 fully saturated rings. The highest BCUT2D eigenvalue weighted by atomic mass is 16.4. The standard InChI is InChI=1S/C13H14N4O2/c14-6-5-12-16-17-13(19-12)9-1-3-10-8(7-9)2-4-11(18)15-10/h1,3,7H,2,4-6,14H2,(H,15,18). The van der Waals surface area contributed by atoms with Crippen LogP contribution in [-0.2, 0) is 17.6 Å². The maximum atomic E-state index is 11.3. The van der Waals surface area contributed by atoms with Crippen molar-refractivity contribution in [3.05, 3.63) is 29.7 Å². The van der Waals surface area contributed by atoms with Crippen LogP contribution < -0.4 is 11.1 Å². The van der Waals surface area contributed by atoms with E-state index in [0.717, 1.165) is 23.2 Å². The van der Waals surface area contributed by atoms with E-state index in [1.807, 2.05) is 18.2 Å². The van der Waals surface area contributed by atoms with Crippen molar-refractivity contribution >= 4 is 11.6 Å². The molecule has 2 heterocycles. The monoisotopic (exact) mass is 258 g/mol. The molecule has 0 radical (unpaired) electrons. The van der Waals surface area contributed by atoms with Gasteiger partial charge in [0.25, 0.3) is 0 Å². The van der Waals surface area contributed by atoms with Crippen molar-refractivity contribution in [1.82, 2.24) is 10.2 Å². The number of anilines is 1. The Kier molecular flexibility index (Phi) is 3.00. The summed E-state index contributed by atoms with van der Waals surface area (Å²) in [5, 5.41) is 10.8. The number of hydrogen-bond donors (Lipinski definition) is 2. The number of carbonyl (C=O) groups is 1. The molecule has 0 spiro atoms. The van der Waals surface area contributed by atoms with Gasteiger partial charge in [0.05, 0.1) is 0 Å². The second kappa shape index (κ2) is 4.81. The third-order valence-electron chi connectivity index (χ3n) is 3.07. The van der Waals surface area contributed by atoms with Crippen LogP contribution in [0.3, 0.4) is 0 Å². The van der Waals surface area contributed by atoms with Gasteiger partial charge in [-0.3, -0.25) is 4.79 Å². The van der Waals surface area contributed by atoms with E-state index in [2.05, 4.69) is 15.5 Å². The fourth-order valence-corrected chi connectivity index (χ4v) is 2.11. The lowest BCUT2D eigenvalue weighted by molar-refractivity contribution is -0.116. The molecular formula is C13H14N4O2. The number of nitrogens with zero attached hydrogens (tertiary/aromatic N) is 2. The average molecular weight is 258 g/mol. The molecule has 1 aromatic heterocycles. The number of nitrogens with one attached hydrogen (secondary N) is 1. The van der Waals surface area contributed by atoms with Gasteiger partial charge in [0.1, 0.15) is 0 Å². The van der Waals surface area contributed by atoms with Crippen molar-refractivity contribution in [2.75, 3.05) is 11.9 Å². The van der Waals surface area contributed by atoms with Crippen molar-refractivity contribution in [2.45, 2.75) is 19.3 Å². The number of carbonyl (C=O) groups excluding carboxylic acids is 1. The molecule has 98 valence electrons. The number of rotatable bonds is 3.